The van der Waals surface area contributed by atoms with E-state index >= 15 is 0 Å². The summed E-state index contributed by atoms with van der Waals surface area (Å²) in [4.78, 5) is 22.8. The highest BCUT2D eigenvalue weighted by atomic mass is 16.6. The van der Waals surface area contributed by atoms with Gasteiger partial charge in [-0.2, -0.15) is 0 Å². The minimum absolute atomic E-state index is 0.0947. The number of nitro benzene ring substituents is 1. The van der Waals surface area contributed by atoms with Gasteiger partial charge in [0.1, 0.15) is 6.10 Å². The summed E-state index contributed by atoms with van der Waals surface area (Å²) >= 11 is 0. The summed E-state index contributed by atoms with van der Waals surface area (Å²) in [6, 6.07) is 5.70. The Morgan fingerprint density at radius 1 is 1.59 bits per heavy atom. The molecule has 0 aromatic heterocycles. The predicted octanol–water partition coefficient (Wildman–Crippen LogP) is 0.912. The molecule has 1 heterocycles. The number of benzene rings is 1. The summed E-state index contributed by atoms with van der Waals surface area (Å²) in [5, 5.41) is 19.5. The van der Waals surface area contributed by atoms with Crippen molar-refractivity contribution in [1.29, 1.82) is 0 Å². The van der Waals surface area contributed by atoms with E-state index < -0.39 is 17.1 Å². The standard InChI is InChI=1S/C10H10N2O5/c13-6-9-5-11(10(14)17-9)7-2-1-3-8(4-7)12(15)16/h1-4,9,13H,5-6H2. The van der Waals surface area contributed by atoms with Crippen molar-refractivity contribution in [2.45, 2.75) is 6.10 Å². The molecule has 2 rings (SSSR count). The van der Waals surface area contributed by atoms with E-state index in [1.807, 2.05) is 0 Å². The summed E-state index contributed by atoms with van der Waals surface area (Å²) in [5.41, 5.74) is 0.294. The van der Waals surface area contributed by atoms with Crippen molar-refractivity contribution in [3.8, 4) is 0 Å². The molecule has 1 N–H and O–H groups in total. The molecular formula is C10H10N2O5. The number of rotatable bonds is 3. The highest BCUT2D eigenvalue weighted by Crippen LogP contribution is 2.25. The second-order valence-corrected chi connectivity index (χ2v) is 3.58. The first-order valence-electron chi connectivity index (χ1n) is 4.95. The van der Waals surface area contributed by atoms with Gasteiger partial charge in [0.05, 0.1) is 23.8 Å². The quantitative estimate of drug-likeness (QED) is 0.624. The zero-order valence-electron chi connectivity index (χ0n) is 8.78. The Kier molecular flexibility index (Phi) is 2.92. The van der Waals surface area contributed by atoms with Gasteiger partial charge in [0.2, 0.25) is 0 Å². The molecule has 0 saturated carbocycles. The average Bonchev–Trinajstić information content (AvgIpc) is 2.71. The molecule has 0 bridgehead atoms. The van der Waals surface area contributed by atoms with Crippen molar-refractivity contribution in [2.75, 3.05) is 18.1 Å². The Hall–Kier alpha value is -2.15. The molecule has 0 spiro atoms. The van der Waals surface area contributed by atoms with E-state index in [2.05, 4.69) is 0 Å². The van der Waals surface area contributed by atoms with Crippen LogP contribution in [0.25, 0.3) is 0 Å². The number of carbonyl (C=O) groups is 1. The number of cyclic esters (lactones) is 1. The van der Waals surface area contributed by atoms with Crippen molar-refractivity contribution in [3.63, 3.8) is 0 Å². The van der Waals surface area contributed by atoms with Crippen LogP contribution in [0.15, 0.2) is 24.3 Å². The van der Waals surface area contributed by atoms with E-state index in [-0.39, 0.29) is 18.8 Å². The lowest BCUT2D eigenvalue weighted by atomic mass is 10.2. The molecular weight excluding hydrogens is 228 g/mol. The van der Waals surface area contributed by atoms with Crippen LogP contribution in [-0.2, 0) is 4.74 Å². The summed E-state index contributed by atoms with van der Waals surface area (Å²) in [5.74, 6) is 0. The predicted molar refractivity (Wildman–Crippen MR) is 57.8 cm³/mol. The molecule has 7 heteroatoms. The van der Waals surface area contributed by atoms with E-state index in [1.165, 1.54) is 23.1 Å². The van der Waals surface area contributed by atoms with Crippen LogP contribution in [0.4, 0.5) is 16.2 Å². The molecule has 90 valence electrons. The normalized spacial score (nSPS) is 19.2. The molecule has 1 fully saturated rings. The molecule has 7 nitrogen and oxygen atoms in total. The molecule has 1 aromatic carbocycles. The van der Waals surface area contributed by atoms with E-state index in [0.29, 0.717) is 5.69 Å². The molecule has 1 aliphatic rings. The maximum absolute atomic E-state index is 11.4. The first-order valence-corrected chi connectivity index (χ1v) is 4.95. The zero-order valence-corrected chi connectivity index (χ0v) is 8.78. The highest BCUT2D eigenvalue weighted by Gasteiger charge is 2.32. The first-order chi connectivity index (χ1) is 8.11. The van der Waals surface area contributed by atoms with Gasteiger partial charge in [0, 0.05) is 12.1 Å². The van der Waals surface area contributed by atoms with E-state index in [1.54, 1.807) is 6.07 Å². The van der Waals surface area contributed by atoms with Gasteiger partial charge < -0.3 is 9.84 Å². The van der Waals surface area contributed by atoms with Crippen LogP contribution in [0.5, 0.6) is 0 Å². The summed E-state index contributed by atoms with van der Waals surface area (Å²) in [6.07, 6.45) is -1.19. The Morgan fingerprint density at radius 2 is 2.35 bits per heavy atom. The van der Waals surface area contributed by atoms with Crippen LogP contribution < -0.4 is 4.90 Å². The van der Waals surface area contributed by atoms with Crippen molar-refractivity contribution in [1.82, 2.24) is 0 Å². The van der Waals surface area contributed by atoms with Gasteiger partial charge in [0.15, 0.2) is 0 Å². The monoisotopic (exact) mass is 238 g/mol. The maximum Gasteiger partial charge on any atom is 0.414 e. The van der Waals surface area contributed by atoms with Crippen molar-refractivity contribution in [3.05, 3.63) is 34.4 Å². The van der Waals surface area contributed by atoms with Gasteiger partial charge in [-0.05, 0) is 6.07 Å². The number of carbonyl (C=O) groups excluding carboxylic acids is 1. The fourth-order valence-corrected chi connectivity index (χ4v) is 1.60. The third-order valence-electron chi connectivity index (χ3n) is 2.43. The van der Waals surface area contributed by atoms with Gasteiger partial charge in [0.25, 0.3) is 5.69 Å². The topological polar surface area (TPSA) is 92.9 Å². The number of ether oxygens (including phenoxy) is 1. The number of hydrogen-bond acceptors (Lipinski definition) is 5. The van der Waals surface area contributed by atoms with Gasteiger partial charge in [-0.1, -0.05) is 6.07 Å². The smallest absolute Gasteiger partial charge is 0.414 e. The second-order valence-electron chi connectivity index (χ2n) is 3.58. The number of non-ortho nitro benzene ring substituents is 1. The maximum atomic E-state index is 11.4. The van der Waals surface area contributed by atoms with E-state index in [9.17, 15) is 14.9 Å². The molecule has 17 heavy (non-hydrogen) atoms. The third-order valence-corrected chi connectivity index (χ3v) is 2.43. The Morgan fingerprint density at radius 3 is 2.94 bits per heavy atom. The SMILES string of the molecule is O=C1OC(CO)CN1c1cccc([N+](=O)[O-])c1. The minimum Gasteiger partial charge on any atom is -0.441 e. The Labute approximate surface area is 96.4 Å². The van der Waals surface area contributed by atoms with Crippen LogP contribution in [0.1, 0.15) is 0 Å². The summed E-state index contributed by atoms with van der Waals surface area (Å²) in [6.45, 7) is -0.0757. The largest absolute Gasteiger partial charge is 0.441 e. The van der Waals surface area contributed by atoms with E-state index in [0.717, 1.165) is 0 Å². The van der Waals surface area contributed by atoms with Gasteiger partial charge in [-0.15, -0.1) is 0 Å². The van der Waals surface area contributed by atoms with Crippen LogP contribution >= 0.6 is 0 Å². The Bertz CT molecular complexity index is 462. The Balaban J connectivity index is 2.25. The molecule has 1 aromatic rings. The fraction of sp³-hybridized carbons (Fsp3) is 0.300. The third kappa shape index (κ3) is 2.18. The van der Waals surface area contributed by atoms with Crippen molar-refractivity contribution in [2.24, 2.45) is 0 Å². The first kappa shape index (κ1) is 11.3. The number of nitrogens with zero attached hydrogens (tertiary/aromatic N) is 2. The zero-order chi connectivity index (χ0) is 12.4. The van der Waals surface area contributed by atoms with Crippen molar-refractivity contribution >= 4 is 17.5 Å². The molecule has 0 aliphatic carbocycles. The molecule has 0 radical (unpaired) electrons. The van der Waals surface area contributed by atoms with Crippen molar-refractivity contribution < 1.29 is 19.6 Å². The number of aliphatic hydroxyl groups excluding tert-OH is 1. The lowest BCUT2D eigenvalue weighted by Gasteiger charge is -2.11. The van der Waals surface area contributed by atoms with Gasteiger partial charge in [-0.3, -0.25) is 15.0 Å². The molecule has 1 amide bonds. The average molecular weight is 238 g/mol. The number of aliphatic hydroxyl groups is 1. The number of anilines is 1. The highest BCUT2D eigenvalue weighted by molar-refractivity contribution is 5.90. The lowest BCUT2D eigenvalue weighted by Crippen LogP contribution is -2.25. The molecule has 1 saturated heterocycles. The lowest BCUT2D eigenvalue weighted by molar-refractivity contribution is -0.384. The molecule has 1 unspecified atom stereocenters. The van der Waals surface area contributed by atoms with Crippen LogP contribution in [0.2, 0.25) is 0 Å². The van der Waals surface area contributed by atoms with Crippen LogP contribution in [-0.4, -0.2) is 35.4 Å². The number of hydrogen-bond donors (Lipinski definition) is 1. The fourth-order valence-electron chi connectivity index (χ4n) is 1.60. The van der Waals surface area contributed by atoms with Gasteiger partial charge >= 0.3 is 6.09 Å². The number of amides is 1. The van der Waals surface area contributed by atoms with Crippen LogP contribution in [0.3, 0.4) is 0 Å². The summed E-state index contributed by atoms with van der Waals surface area (Å²) < 4.78 is 4.84. The summed E-state index contributed by atoms with van der Waals surface area (Å²) in [7, 11) is 0. The molecule has 1 atom stereocenters. The minimum atomic E-state index is -0.607. The van der Waals surface area contributed by atoms with E-state index in [4.69, 9.17) is 9.84 Å². The van der Waals surface area contributed by atoms with Crippen LogP contribution in [0, 0.1) is 10.1 Å². The van der Waals surface area contributed by atoms with Gasteiger partial charge in [-0.25, -0.2) is 4.79 Å². The second kappa shape index (κ2) is 4.38. The number of nitro groups is 1. The molecule has 1 aliphatic heterocycles.